The van der Waals surface area contributed by atoms with E-state index in [2.05, 4.69) is 0 Å². The van der Waals surface area contributed by atoms with Crippen LogP contribution in [0, 0.1) is 22.9 Å². The van der Waals surface area contributed by atoms with Gasteiger partial charge in [-0.05, 0) is 25.8 Å². The summed E-state index contributed by atoms with van der Waals surface area (Å²) in [6.45, 7) is 3.94. The lowest BCUT2D eigenvalue weighted by atomic mass is 10.2. The molecule has 0 aromatic heterocycles. The molecule has 0 amide bonds. The first-order valence-electron chi connectivity index (χ1n) is 7.33. The Balaban J connectivity index is 2.37. The van der Waals surface area contributed by atoms with Crippen LogP contribution in [0.2, 0.25) is 0 Å². The highest BCUT2D eigenvalue weighted by atomic mass is 32.2. The molecule has 0 saturated carbocycles. The maximum absolute atomic E-state index is 14.2. The molecule has 1 atom stereocenters. The number of aryl methyl sites for hydroxylation is 1. The molecule has 0 bridgehead atoms. The van der Waals surface area contributed by atoms with Gasteiger partial charge in [-0.3, -0.25) is 10.1 Å². The number of ether oxygens (including phenoxy) is 1. The van der Waals surface area contributed by atoms with Gasteiger partial charge in [-0.2, -0.15) is 4.31 Å². The predicted molar refractivity (Wildman–Crippen MR) is 81.2 cm³/mol. The first-order chi connectivity index (χ1) is 10.8. The molecule has 0 aliphatic carbocycles. The third-order valence-corrected chi connectivity index (χ3v) is 5.80. The average Bonchev–Trinajstić information content (AvgIpc) is 2.99. The first kappa shape index (κ1) is 17.8. The van der Waals surface area contributed by atoms with Crippen LogP contribution >= 0.6 is 0 Å². The molecule has 1 aromatic rings. The van der Waals surface area contributed by atoms with Crippen molar-refractivity contribution in [1.82, 2.24) is 4.31 Å². The second-order valence-corrected chi connectivity index (χ2v) is 7.32. The molecule has 1 saturated heterocycles. The van der Waals surface area contributed by atoms with Gasteiger partial charge in [0.2, 0.25) is 10.0 Å². The minimum absolute atomic E-state index is 0.100. The van der Waals surface area contributed by atoms with E-state index in [0.717, 1.165) is 23.2 Å². The van der Waals surface area contributed by atoms with Gasteiger partial charge in [0, 0.05) is 25.3 Å². The van der Waals surface area contributed by atoms with Crippen molar-refractivity contribution in [3.63, 3.8) is 0 Å². The summed E-state index contributed by atoms with van der Waals surface area (Å²) in [6.07, 6.45) is 1.42. The quantitative estimate of drug-likeness (QED) is 0.582. The molecule has 128 valence electrons. The Morgan fingerprint density at radius 2 is 2.17 bits per heavy atom. The summed E-state index contributed by atoms with van der Waals surface area (Å²) in [5.74, 6) is -1.12. The second-order valence-electron chi connectivity index (χ2n) is 5.42. The fourth-order valence-electron chi connectivity index (χ4n) is 2.59. The van der Waals surface area contributed by atoms with Crippen LogP contribution in [0.5, 0.6) is 0 Å². The molecular weight excluding hydrogens is 327 g/mol. The number of nitrogens with zero attached hydrogens (tertiary/aromatic N) is 2. The Hall–Kier alpha value is -1.58. The third-order valence-electron chi connectivity index (χ3n) is 3.85. The van der Waals surface area contributed by atoms with Gasteiger partial charge in [0.1, 0.15) is 10.7 Å². The Morgan fingerprint density at radius 1 is 1.48 bits per heavy atom. The van der Waals surface area contributed by atoms with Crippen LogP contribution in [0.25, 0.3) is 0 Å². The number of nitro groups is 1. The van der Waals surface area contributed by atoms with Crippen LogP contribution in [0.3, 0.4) is 0 Å². The Morgan fingerprint density at radius 3 is 2.70 bits per heavy atom. The van der Waals surface area contributed by atoms with Gasteiger partial charge >= 0.3 is 0 Å². The SMILES string of the molecule is CCN(CC1CCCO1)S(=O)(=O)c1cc(C)c([N+](=O)[O-])cc1F. The molecule has 7 nitrogen and oxygen atoms in total. The number of hydrogen-bond donors (Lipinski definition) is 0. The van der Waals surface area contributed by atoms with Crippen molar-refractivity contribution >= 4 is 15.7 Å². The fraction of sp³-hybridized carbons (Fsp3) is 0.571. The lowest BCUT2D eigenvalue weighted by molar-refractivity contribution is -0.385. The zero-order valence-electron chi connectivity index (χ0n) is 13.0. The van der Waals surface area contributed by atoms with Crippen LogP contribution in [0.15, 0.2) is 17.0 Å². The van der Waals surface area contributed by atoms with E-state index in [9.17, 15) is 22.9 Å². The summed E-state index contributed by atoms with van der Waals surface area (Å²) in [5.41, 5.74) is -0.341. The number of hydrogen-bond acceptors (Lipinski definition) is 5. The van der Waals surface area contributed by atoms with Crippen molar-refractivity contribution in [3.05, 3.63) is 33.6 Å². The Bertz CT molecular complexity index is 701. The number of sulfonamides is 1. The highest BCUT2D eigenvalue weighted by Crippen LogP contribution is 2.28. The lowest BCUT2D eigenvalue weighted by Crippen LogP contribution is -2.37. The largest absolute Gasteiger partial charge is 0.377 e. The third kappa shape index (κ3) is 3.67. The highest BCUT2D eigenvalue weighted by Gasteiger charge is 2.31. The molecule has 0 radical (unpaired) electrons. The van der Waals surface area contributed by atoms with Crippen molar-refractivity contribution in [2.75, 3.05) is 19.7 Å². The summed E-state index contributed by atoms with van der Waals surface area (Å²) in [6, 6.07) is 1.67. The summed E-state index contributed by atoms with van der Waals surface area (Å²) < 4.78 is 46.1. The normalized spacial score (nSPS) is 18.5. The smallest absolute Gasteiger partial charge is 0.275 e. The van der Waals surface area contributed by atoms with Gasteiger partial charge in [-0.15, -0.1) is 0 Å². The maximum atomic E-state index is 14.2. The molecule has 1 heterocycles. The van der Waals surface area contributed by atoms with Gasteiger partial charge in [0.05, 0.1) is 17.1 Å². The zero-order valence-corrected chi connectivity index (χ0v) is 13.8. The van der Waals surface area contributed by atoms with E-state index < -0.39 is 31.3 Å². The van der Waals surface area contributed by atoms with Gasteiger partial charge in [-0.25, -0.2) is 12.8 Å². The van der Waals surface area contributed by atoms with Gasteiger partial charge < -0.3 is 4.74 Å². The van der Waals surface area contributed by atoms with E-state index in [-0.39, 0.29) is 24.8 Å². The molecule has 9 heteroatoms. The molecule has 0 spiro atoms. The lowest BCUT2D eigenvalue weighted by Gasteiger charge is -2.23. The maximum Gasteiger partial charge on any atom is 0.275 e. The number of rotatable bonds is 6. The number of nitro benzene ring substituents is 1. The molecule has 1 aliphatic heterocycles. The van der Waals surface area contributed by atoms with E-state index in [1.54, 1.807) is 6.92 Å². The molecule has 1 aromatic carbocycles. The summed E-state index contributed by atoms with van der Waals surface area (Å²) in [7, 11) is -4.08. The molecular formula is C14H19FN2O5S. The van der Waals surface area contributed by atoms with Crippen molar-refractivity contribution in [2.45, 2.75) is 37.7 Å². The minimum Gasteiger partial charge on any atom is -0.377 e. The molecule has 0 N–H and O–H groups in total. The van der Waals surface area contributed by atoms with Crippen LogP contribution < -0.4 is 0 Å². The van der Waals surface area contributed by atoms with Gasteiger partial charge in [-0.1, -0.05) is 6.92 Å². The summed E-state index contributed by atoms with van der Waals surface area (Å²) in [4.78, 5) is 9.54. The monoisotopic (exact) mass is 346 g/mol. The summed E-state index contributed by atoms with van der Waals surface area (Å²) in [5, 5.41) is 10.8. The van der Waals surface area contributed by atoms with Crippen LogP contribution in [0.4, 0.5) is 10.1 Å². The molecule has 1 unspecified atom stereocenters. The highest BCUT2D eigenvalue weighted by molar-refractivity contribution is 7.89. The standard InChI is InChI=1S/C14H19FN2O5S/c1-3-16(9-11-5-4-6-22-11)23(20,21)14-7-10(2)13(17(18)19)8-12(14)15/h7-8,11H,3-6,9H2,1-2H3. The van der Waals surface area contributed by atoms with E-state index in [1.165, 1.54) is 6.92 Å². The Labute approximate surface area is 134 Å². The van der Waals surface area contributed by atoms with Crippen molar-refractivity contribution in [2.24, 2.45) is 0 Å². The Kier molecular flexibility index (Phi) is 5.33. The molecule has 2 rings (SSSR count). The van der Waals surface area contributed by atoms with E-state index >= 15 is 0 Å². The summed E-state index contributed by atoms with van der Waals surface area (Å²) >= 11 is 0. The molecule has 1 aliphatic rings. The van der Waals surface area contributed by atoms with Gasteiger partial charge in [0.15, 0.2) is 0 Å². The van der Waals surface area contributed by atoms with Gasteiger partial charge in [0.25, 0.3) is 5.69 Å². The zero-order chi connectivity index (χ0) is 17.2. The van der Waals surface area contributed by atoms with E-state index in [0.29, 0.717) is 12.7 Å². The average molecular weight is 346 g/mol. The minimum atomic E-state index is -4.08. The van der Waals surface area contributed by atoms with Crippen molar-refractivity contribution in [1.29, 1.82) is 0 Å². The number of benzene rings is 1. The van der Waals surface area contributed by atoms with Crippen molar-refractivity contribution < 1.29 is 22.5 Å². The first-order valence-corrected chi connectivity index (χ1v) is 8.77. The predicted octanol–water partition coefficient (Wildman–Crippen LogP) is 2.23. The molecule has 1 fully saturated rings. The van der Waals surface area contributed by atoms with E-state index in [1.807, 2.05) is 0 Å². The topological polar surface area (TPSA) is 89.8 Å². The number of halogens is 1. The van der Waals surface area contributed by atoms with Crippen molar-refractivity contribution in [3.8, 4) is 0 Å². The van der Waals surface area contributed by atoms with E-state index in [4.69, 9.17) is 4.74 Å². The van der Waals surface area contributed by atoms with Crippen LogP contribution in [-0.2, 0) is 14.8 Å². The number of likely N-dealkylation sites (N-methyl/N-ethyl adjacent to an activating group) is 1. The second kappa shape index (κ2) is 6.90. The molecule has 23 heavy (non-hydrogen) atoms. The van der Waals surface area contributed by atoms with Crippen LogP contribution in [0.1, 0.15) is 25.3 Å². The van der Waals surface area contributed by atoms with Crippen LogP contribution in [-0.4, -0.2) is 43.4 Å². The fourth-order valence-corrected chi connectivity index (χ4v) is 4.20.